The SMILES string of the molecule is O=Cc1ccc(C(F)(C(F)(F)F)C(F)(F)F)[nH]1. The van der Waals surface area contributed by atoms with Crippen LogP contribution in [-0.2, 0) is 5.67 Å². The fourth-order valence-electron chi connectivity index (χ4n) is 1.15. The van der Waals surface area contributed by atoms with Crippen molar-refractivity contribution in [2.75, 3.05) is 0 Å². The highest BCUT2D eigenvalue weighted by molar-refractivity contribution is 5.72. The molecule has 1 heterocycles. The minimum Gasteiger partial charge on any atom is -0.353 e. The molecule has 1 aromatic heterocycles. The molecule has 0 aliphatic rings. The highest BCUT2D eigenvalue weighted by Crippen LogP contribution is 2.52. The average Bonchev–Trinajstić information content (AvgIpc) is 2.61. The lowest BCUT2D eigenvalue weighted by molar-refractivity contribution is -0.349. The molecule has 1 N–H and O–H groups in total. The molecular weight excluding hydrogens is 259 g/mol. The van der Waals surface area contributed by atoms with E-state index in [1.807, 2.05) is 0 Å². The van der Waals surface area contributed by atoms with Crippen LogP contribution in [-0.4, -0.2) is 23.6 Å². The summed E-state index contributed by atoms with van der Waals surface area (Å²) in [5, 5.41) is 0. The first-order valence-electron chi connectivity index (χ1n) is 4.01. The van der Waals surface area contributed by atoms with Gasteiger partial charge in [0.15, 0.2) is 6.29 Å². The van der Waals surface area contributed by atoms with Gasteiger partial charge in [0.25, 0.3) is 0 Å². The van der Waals surface area contributed by atoms with Crippen LogP contribution in [0.3, 0.4) is 0 Å². The smallest absolute Gasteiger partial charge is 0.353 e. The molecule has 0 atom stereocenters. The van der Waals surface area contributed by atoms with Crippen molar-refractivity contribution < 1.29 is 35.5 Å². The van der Waals surface area contributed by atoms with E-state index in [9.17, 15) is 35.5 Å². The van der Waals surface area contributed by atoms with E-state index in [1.54, 1.807) is 0 Å². The number of alkyl halides is 7. The van der Waals surface area contributed by atoms with Crippen LogP contribution in [0.15, 0.2) is 12.1 Å². The van der Waals surface area contributed by atoms with Crippen molar-refractivity contribution in [3.8, 4) is 0 Å². The number of aldehydes is 1. The summed E-state index contributed by atoms with van der Waals surface area (Å²) in [7, 11) is 0. The van der Waals surface area contributed by atoms with Crippen LogP contribution in [0, 0.1) is 0 Å². The second-order valence-corrected chi connectivity index (χ2v) is 3.10. The zero-order chi connectivity index (χ0) is 13.5. The summed E-state index contributed by atoms with van der Waals surface area (Å²) in [6, 6.07) is 0.846. The summed E-state index contributed by atoms with van der Waals surface area (Å²) in [6.07, 6.45) is -12.4. The van der Waals surface area contributed by atoms with Gasteiger partial charge >= 0.3 is 18.0 Å². The number of H-pyrrole nitrogens is 1. The maximum absolute atomic E-state index is 13.3. The Kier molecular flexibility index (Phi) is 2.98. The predicted octanol–water partition coefficient (Wildman–Crippen LogP) is 3.12. The number of carbonyl (C=O) groups is 1. The van der Waals surface area contributed by atoms with Gasteiger partial charge in [-0.3, -0.25) is 4.79 Å². The van der Waals surface area contributed by atoms with Gasteiger partial charge in [0.1, 0.15) is 0 Å². The molecule has 1 aromatic rings. The molecule has 0 saturated heterocycles. The highest BCUT2D eigenvalue weighted by atomic mass is 19.4. The van der Waals surface area contributed by atoms with E-state index < -0.39 is 29.4 Å². The van der Waals surface area contributed by atoms with Gasteiger partial charge in [-0.25, -0.2) is 4.39 Å². The second kappa shape index (κ2) is 3.74. The predicted molar refractivity (Wildman–Crippen MR) is 41.1 cm³/mol. The molecule has 2 nitrogen and oxygen atoms in total. The van der Waals surface area contributed by atoms with E-state index in [0.717, 1.165) is 0 Å². The zero-order valence-corrected chi connectivity index (χ0v) is 7.79. The van der Waals surface area contributed by atoms with Crippen LogP contribution in [0.2, 0.25) is 0 Å². The Morgan fingerprint density at radius 3 is 1.71 bits per heavy atom. The summed E-state index contributed by atoms with van der Waals surface area (Å²) >= 11 is 0. The van der Waals surface area contributed by atoms with Crippen molar-refractivity contribution in [1.29, 1.82) is 0 Å². The molecule has 17 heavy (non-hydrogen) atoms. The van der Waals surface area contributed by atoms with E-state index in [1.165, 1.54) is 4.98 Å². The maximum atomic E-state index is 13.3. The van der Waals surface area contributed by atoms with Gasteiger partial charge in [-0.05, 0) is 12.1 Å². The van der Waals surface area contributed by atoms with Crippen LogP contribution in [0.25, 0.3) is 0 Å². The van der Waals surface area contributed by atoms with Gasteiger partial charge in [-0.2, -0.15) is 26.3 Å². The number of halogens is 7. The summed E-state index contributed by atoms with van der Waals surface area (Å²) in [6.45, 7) is 0. The first-order valence-corrected chi connectivity index (χ1v) is 4.01. The van der Waals surface area contributed by atoms with Crippen molar-refractivity contribution >= 4 is 6.29 Å². The van der Waals surface area contributed by atoms with Crippen LogP contribution in [0.5, 0.6) is 0 Å². The molecule has 0 aliphatic carbocycles. The molecule has 1 rings (SSSR count). The summed E-state index contributed by atoms with van der Waals surface area (Å²) < 4.78 is 86.5. The molecule has 9 heteroatoms. The van der Waals surface area contributed by atoms with E-state index in [0.29, 0.717) is 6.07 Å². The summed E-state index contributed by atoms with van der Waals surface area (Å²) in [4.78, 5) is 11.6. The Morgan fingerprint density at radius 1 is 0.941 bits per heavy atom. The molecule has 0 fully saturated rings. The Labute approximate surface area is 89.4 Å². The molecule has 0 saturated carbocycles. The number of carbonyl (C=O) groups excluding carboxylic acids is 1. The second-order valence-electron chi connectivity index (χ2n) is 3.10. The van der Waals surface area contributed by atoms with Gasteiger partial charge in [0.05, 0.1) is 11.4 Å². The normalized spacial score (nSPS) is 13.8. The molecule has 0 spiro atoms. The third-order valence-corrected chi connectivity index (χ3v) is 1.99. The monoisotopic (exact) mass is 263 g/mol. The Bertz CT molecular complexity index is 402. The minimum absolute atomic E-state index is 0.0311. The number of rotatable bonds is 2. The van der Waals surface area contributed by atoms with Crippen LogP contribution < -0.4 is 0 Å². The Hall–Kier alpha value is -1.54. The third-order valence-electron chi connectivity index (χ3n) is 1.99. The number of nitrogens with one attached hydrogen (secondary N) is 1. The van der Waals surface area contributed by atoms with Gasteiger partial charge in [0, 0.05) is 0 Å². The molecule has 0 amide bonds. The van der Waals surface area contributed by atoms with Gasteiger partial charge in [0.2, 0.25) is 0 Å². The zero-order valence-electron chi connectivity index (χ0n) is 7.79. The lowest BCUT2D eigenvalue weighted by atomic mass is 10.0. The lowest BCUT2D eigenvalue weighted by Crippen LogP contribution is -2.50. The topological polar surface area (TPSA) is 32.9 Å². The van der Waals surface area contributed by atoms with Crippen LogP contribution >= 0.6 is 0 Å². The Balaban J connectivity index is 3.40. The minimum atomic E-state index is -6.18. The van der Waals surface area contributed by atoms with E-state index in [2.05, 4.69) is 0 Å². The van der Waals surface area contributed by atoms with Crippen molar-refractivity contribution in [2.45, 2.75) is 18.0 Å². The molecule has 0 aliphatic heterocycles. The Morgan fingerprint density at radius 2 is 1.41 bits per heavy atom. The first-order chi connectivity index (χ1) is 7.54. The fraction of sp³-hybridized carbons (Fsp3) is 0.375. The number of aromatic amines is 1. The van der Waals surface area contributed by atoms with Crippen molar-refractivity contribution in [2.24, 2.45) is 0 Å². The number of hydrogen-bond acceptors (Lipinski definition) is 1. The van der Waals surface area contributed by atoms with E-state index >= 15 is 0 Å². The van der Waals surface area contributed by atoms with Crippen LogP contribution in [0.1, 0.15) is 16.2 Å². The van der Waals surface area contributed by atoms with Crippen LogP contribution in [0.4, 0.5) is 30.7 Å². The van der Waals surface area contributed by atoms with Gasteiger partial charge < -0.3 is 4.98 Å². The molecule has 0 radical (unpaired) electrons. The highest BCUT2D eigenvalue weighted by Gasteiger charge is 2.74. The largest absolute Gasteiger partial charge is 0.437 e. The molecule has 0 unspecified atom stereocenters. The molecular formula is C8H4F7NO. The average molecular weight is 263 g/mol. The van der Waals surface area contributed by atoms with E-state index in [4.69, 9.17) is 0 Å². The summed E-state index contributed by atoms with van der Waals surface area (Å²) in [5.74, 6) is 0. The molecule has 0 bridgehead atoms. The van der Waals surface area contributed by atoms with Crippen molar-refractivity contribution in [3.05, 3.63) is 23.5 Å². The molecule has 96 valence electrons. The number of hydrogen-bond donors (Lipinski definition) is 1. The standard InChI is InChI=1S/C8H4F7NO/c9-6(7(10,11)12,8(13,14)15)5-2-1-4(3-17)16-5/h1-3,16H. The quantitative estimate of drug-likeness (QED) is 0.645. The van der Waals surface area contributed by atoms with Crippen molar-refractivity contribution in [1.82, 2.24) is 4.98 Å². The fourth-order valence-corrected chi connectivity index (χ4v) is 1.15. The van der Waals surface area contributed by atoms with Gasteiger partial charge in [-0.15, -0.1) is 0 Å². The number of aromatic nitrogens is 1. The summed E-state index contributed by atoms with van der Waals surface area (Å²) in [5.41, 5.74) is -7.89. The maximum Gasteiger partial charge on any atom is 0.437 e. The van der Waals surface area contributed by atoms with E-state index in [-0.39, 0.29) is 12.4 Å². The lowest BCUT2D eigenvalue weighted by Gasteiger charge is -2.28. The van der Waals surface area contributed by atoms with Gasteiger partial charge in [-0.1, -0.05) is 0 Å². The third kappa shape index (κ3) is 2.01. The van der Waals surface area contributed by atoms with Crippen molar-refractivity contribution in [3.63, 3.8) is 0 Å². The first kappa shape index (κ1) is 13.5. The molecule has 0 aromatic carbocycles.